The summed E-state index contributed by atoms with van der Waals surface area (Å²) in [5.41, 5.74) is -0.828. The van der Waals surface area contributed by atoms with Crippen molar-refractivity contribution in [1.29, 1.82) is 0 Å². The maximum Gasteiger partial charge on any atom is 0.239 e. The highest BCUT2D eigenvalue weighted by Gasteiger charge is 2.24. The SMILES string of the molecule is CCC(C)(O)CNC(=O)C1COCCN1. The van der Waals surface area contributed by atoms with E-state index < -0.39 is 5.60 Å². The van der Waals surface area contributed by atoms with Crippen LogP contribution in [0, 0.1) is 0 Å². The number of ether oxygens (including phenoxy) is 1. The van der Waals surface area contributed by atoms with Gasteiger partial charge in [0, 0.05) is 13.1 Å². The van der Waals surface area contributed by atoms with Gasteiger partial charge in [0.25, 0.3) is 0 Å². The van der Waals surface area contributed by atoms with Crippen LogP contribution in [-0.2, 0) is 9.53 Å². The van der Waals surface area contributed by atoms with E-state index in [0.29, 0.717) is 26.2 Å². The quantitative estimate of drug-likeness (QED) is 0.578. The van der Waals surface area contributed by atoms with Gasteiger partial charge in [-0.3, -0.25) is 4.79 Å². The fraction of sp³-hybridized carbons (Fsp3) is 0.900. The van der Waals surface area contributed by atoms with Crippen molar-refractivity contribution in [3.63, 3.8) is 0 Å². The molecule has 1 fully saturated rings. The molecular weight excluding hydrogens is 196 g/mol. The molecule has 2 atom stereocenters. The highest BCUT2D eigenvalue weighted by Crippen LogP contribution is 2.06. The standard InChI is InChI=1S/C10H20N2O3/c1-3-10(2,14)7-12-9(13)8-6-15-5-4-11-8/h8,11,14H,3-7H2,1-2H3,(H,12,13). The molecule has 1 heterocycles. The predicted molar refractivity (Wildman–Crippen MR) is 56.5 cm³/mol. The fourth-order valence-electron chi connectivity index (χ4n) is 1.26. The number of carbonyl (C=O) groups is 1. The average molecular weight is 216 g/mol. The Morgan fingerprint density at radius 1 is 1.73 bits per heavy atom. The summed E-state index contributed by atoms with van der Waals surface area (Å²) in [7, 11) is 0. The van der Waals surface area contributed by atoms with Gasteiger partial charge in [0.15, 0.2) is 0 Å². The zero-order valence-electron chi connectivity index (χ0n) is 9.38. The molecular formula is C10H20N2O3. The Morgan fingerprint density at radius 2 is 2.47 bits per heavy atom. The largest absolute Gasteiger partial charge is 0.388 e. The Labute approximate surface area is 90.2 Å². The smallest absolute Gasteiger partial charge is 0.239 e. The van der Waals surface area contributed by atoms with Gasteiger partial charge in [-0.15, -0.1) is 0 Å². The number of aliphatic hydroxyl groups is 1. The summed E-state index contributed by atoms with van der Waals surface area (Å²) < 4.78 is 5.18. The molecule has 2 unspecified atom stereocenters. The van der Waals surface area contributed by atoms with Gasteiger partial charge in [-0.1, -0.05) is 6.92 Å². The van der Waals surface area contributed by atoms with Crippen LogP contribution in [-0.4, -0.2) is 49.0 Å². The zero-order valence-corrected chi connectivity index (χ0v) is 9.38. The van der Waals surface area contributed by atoms with Crippen molar-refractivity contribution >= 4 is 5.91 Å². The Balaban J connectivity index is 2.28. The Hall–Kier alpha value is -0.650. The number of morpholine rings is 1. The molecule has 5 nitrogen and oxygen atoms in total. The topological polar surface area (TPSA) is 70.6 Å². The third-order valence-corrected chi connectivity index (χ3v) is 2.64. The molecule has 1 rings (SSSR count). The minimum atomic E-state index is -0.828. The van der Waals surface area contributed by atoms with Gasteiger partial charge in [-0.25, -0.2) is 0 Å². The first-order valence-electron chi connectivity index (χ1n) is 5.36. The Kier molecular flexibility index (Phi) is 4.50. The first kappa shape index (κ1) is 12.4. The number of amides is 1. The monoisotopic (exact) mass is 216 g/mol. The third-order valence-electron chi connectivity index (χ3n) is 2.64. The van der Waals surface area contributed by atoms with Crippen molar-refractivity contribution in [3.05, 3.63) is 0 Å². The van der Waals surface area contributed by atoms with Crippen LogP contribution in [0.25, 0.3) is 0 Å². The number of carbonyl (C=O) groups excluding carboxylic acids is 1. The molecule has 0 radical (unpaired) electrons. The molecule has 0 aliphatic carbocycles. The van der Waals surface area contributed by atoms with E-state index in [1.54, 1.807) is 6.92 Å². The van der Waals surface area contributed by atoms with Gasteiger partial charge >= 0.3 is 0 Å². The third kappa shape index (κ3) is 4.15. The summed E-state index contributed by atoms with van der Waals surface area (Å²) in [6.45, 7) is 5.62. The Bertz CT molecular complexity index is 213. The fourth-order valence-corrected chi connectivity index (χ4v) is 1.26. The Morgan fingerprint density at radius 3 is 3.00 bits per heavy atom. The average Bonchev–Trinajstić information content (AvgIpc) is 2.27. The normalized spacial score (nSPS) is 25.7. The summed E-state index contributed by atoms with van der Waals surface area (Å²) in [6.07, 6.45) is 0.613. The maximum absolute atomic E-state index is 11.6. The van der Waals surface area contributed by atoms with E-state index in [-0.39, 0.29) is 18.5 Å². The van der Waals surface area contributed by atoms with Crippen molar-refractivity contribution < 1.29 is 14.6 Å². The lowest BCUT2D eigenvalue weighted by Gasteiger charge is -2.26. The summed E-state index contributed by atoms with van der Waals surface area (Å²) in [4.78, 5) is 11.6. The molecule has 0 aromatic rings. The van der Waals surface area contributed by atoms with Crippen molar-refractivity contribution in [1.82, 2.24) is 10.6 Å². The molecule has 0 aromatic heterocycles. The molecule has 1 aliphatic heterocycles. The van der Waals surface area contributed by atoms with Crippen molar-refractivity contribution in [2.45, 2.75) is 31.9 Å². The molecule has 1 amide bonds. The van der Waals surface area contributed by atoms with Crippen molar-refractivity contribution in [2.75, 3.05) is 26.3 Å². The molecule has 88 valence electrons. The van der Waals surface area contributed by atoms with E-state index in [9.17, 15) is 9.90 Å². The summed E-state index contributed by atoms with van der Waals surface area (Å²) >= 11 is 0. The van der Waals surface area contributed by atoms with Crippen LogP contribution in [0.3, 0.4) is 0 Å². The number of hydrogen-bond acceptors (Lipinski definition) is 4. The second kappa shape index (κ2) is 5.44. The molecule has 0 saturated carbocycles. The van der Waals surface area contributed by atoms with Crippen LogP contribution >= 0.6 is 0 Å². The lowest BCUT2D eigenvalue weighted by molar-refractivity contribution is -0.127. The van der Waals surface area contributed by atoms with Crippen LogP contribution in [0.5, 0.6) is 0 Å². The van der Waals surface area contributed by atoms with Gasteiger partial charge < -0.3 is 20.5 Å². The van der Waals surface area contributed by atoms with Crippen molar-refractivity contribution in [3.8, 4) is 0 Å². The highest BCUT2D eigenvalue weighted by molar-refractivity contribution is 5.82. The van der Waals surface area contributed by atoms with Crippen molar-refractivity contribution in [2.24, 2.45) is 0 Å². The van der Waals surface area contributed by atoms with Gasteiger partial charge in [0.2, 0.25) is 5.91 Å². The van der Waals surface area contributed by atoms with Gasteiger partial charge in [-0.2, -0.15) is 0 Å². The minimum Gasteiger partial charge on any atom is -0.388 e. The molecule has 5 heteroatoms. The van der Waals surface area contributed by atoms with Gasteiger partial charge in [0.1, 0.15) is 6.04 Å². The van der Waals surface area contributed by atoms with E-state index in [0.717, 1.165) is 0 Å². The van der Waals surface area contributed by atoms with Crippen LogP contribution in [0.1, 0.15) is 20.3 Å². The lowest BCUT2D eigenvalue weighted by atomic mass is 10.0. The number of nitrogens with one attached hydrogen (secondary N) is 2. The summed E-state index contributed by atoms with van der Waals surface area (Å²) in [5.74, 6) is -0.108. The molecule has 1 aliphatic rings. The summed E-state index contributed by atoms with van der Waals surface area (Å²) in [5, 5.41) is 15.5. The van der Waals surface area contributed by atoms with E-state index in [1.807, 2.05) is 6.92 Å². The van der Waals surface area contributed by atoms with Crippen LogP contribution in [0.15, 0.2) is 0 Å². The van der Waals surface area contributed by atoms with E-state index in [2.05, 4.69) is 10.6 Å². The lowest BCUT2D eigenvalue weighted by Crippen LogP contribution is -2.53. The summed E-state index contributed by atoms with van der Waals surface area (Å²) in [6, 6.07) is -0.286. The van der Waals surface area contributed by atoms with Crippen LogP contribution < -0.4 is 10.6 Å². The first-order chi connectivity index (χ1) is 7.05. The minimum absolute atomic E-state index is 0.108. The molecule has 0 aromatic carbocycles. The zero-order chi connectivity index (χ0) is 11.3. The van der Waals surface area contributed by atoms with E-state index in [1.165, 1.54) is 0 Å². The molecule has 0 bridgehead atoms. The van der Waals surface area contributed by atoms with E-state index in [4.69, 9.17) is 4.74 Å². The first-order valence-corrected chi connectivity index (χ1v) is 5.36. The molecule has 3 N–H and O–H groups in total. The predicted octanol–water partition coefficient (Wildman–Crippen LogP) is -0.748. The van der Waals surface area contributed by atoms with E-state index >= 15 is 0 Å². The molecule has 15 heavy (non-hydrogen) atoms. The van der Waals surface area contributed by atoms with Crippen LogP contribution in [0.2, 0.25) is 0 Å². The van der Waals surface area contributed by atoms with Gasteiger partial charge in [-0.05, 0) is 13.3 Å². The maximum atomic E-state index is 11.6. The van der Waals surface area contributed by atoms with Gasteiger partial charge in [0.05, 0.1) is 18.8 Å². The molecule has 1 saturated heterocycles. The second-order valence-electron chi connectivity index (χ2n) is 4.15. The highest BCUT2D eigenvalue weighted by atomic mass is 16.5. The van der Waals surface area contributed by atoms with Crippen LogP contribution in [0.4, 0.5) is 0 Å². The number of rotatable bonds is 4. The second-order valence-corrected chi connectivity index (χ2v) is 4.15. The molecule has 0 spiro atoms. The number of hydrogen-bond donors (Lipinski definition) is 3.